The molecule has 0 atom stereocenters. The van der Waals surface area contributed by atoms with Gasteiger partial charge < -0.3 is 10.0 Å². The summed E-state index contributed by atoms with van der Waals surface area (Å²) in [5.74, 6) is 4.37. The third kappa shape index (κ3) is 4.06. The van der Waals surface area contributed by atoms with Crippen molar-refractivity contribution >= 4 is 27.2 Å². The van der Waals surface area contributed by atoms with Crippen LogP contribution in [-0.4, -0.2) is 37.3 Å². The van der Waals surface area contributed by atoms with E-state index in [4.69, 9.17) is 5.84 Å². The van der Waals surface area contributed by atoms with Gasteiger partial charge in [0.05, 0.1) is 15.4 Å². The molecule has 0 saturated carbocycles. The Kier molecular flexibility index (Phi) is 5.82. The zero-order valence-electron chi connectivity index (χ0n) is 15.4. The molecule has 0 unspecified atom stereocenters. The number of hydrogen-bond donors (Lipinski definition) is 3. The van der Waals surface area contributed by atoms with Crippen molar-refractivity contribution in [2.24, 2.45) is 5.84 Å². The first-order valence-corrected chi connectivity index (χ1v) is 10.4. The molecule has 0 radical (unpaired) electrons. The maximum absolute atomic E-state index is 13.3. The molecule has 0 aromatic heterocycles. The number of carbonyl (C=O) groups excluding carboxylic acids is 1. The zero-order chi connectivity index (χ0) is 21.2. The first-order chi connectivity index (χ1) is 13.8. The van der Waals surface area contributed by atoms with Crippen LogP contribution in [0, 0.1) is 10.1 Å². The lowest BCUT2D eigenvalue weighted by atomic mass is 9.98. The summed E-state index contributed by atoms with van der Waals surface area (Å²) in [5.41, 5.74) is -0.631. The third-order valence-electron chi connectivity index (χ3n) is 4.79. The van der Waals surface area contributed by atoms with E-state index in [0.29, 0.717) is 13.1 Å². The number of phenolic OH excluding ortho intramolecular Hbond substituents is 1. The predicted octanol–water partition coefficient (Wildman–Crippen LogP) is 1.67. The highest BCUT2D eigenvalue weighted by atomic mass is 32.2. The molecule has 0 bridgehead atoms. The first kappa shape index (κ1) is 20.7. The summed E-state index contributed by atoms with van der Waals surface area (Å²) < 4.78 is 25.0. The van der Waals surface area contributed by atoms with Crippen molar-refractivity contribution in [2.45, 2.75) is 24.2 Å². The molecule has 3 rings (SSSR count). The molecular formula is C18H20N4O6S. The van der Waals surface area contributed by atoms with E-state index in [1.807, 2.05) is 0 Å². The van der Waals surface area contributed by atoms with Gasteiger partial charge >= 0.3 is 0 Å². The number of nitrogens with one attached hydrogen (secondary N) is 1. The van der Waals surface area contributed by atoms with Crippen molar-refractivity contribution in [3.8, 4) is 5.75 Å². The quantitative estimate of drug-likeness (QED) is 0.276. The van der Waals surface area contributed by atoms with Gasteiger partial charge in [-0.1, -0.05) is 0 Å². The van der Waals surface area contributed by atoms with E-state index in [1.165, 1.54) is 24.3 Å². The minimum atomic E-state index is -4.29. The van der Waals surface area contributed by atoms with Crippen molar-refractivity contribution < 1.29 is 23.2 Å². The van der Waals surface area contributed by atoms with E-state index in [2.05, 4.69) is 0 Å². The number of anilines is 1. The lowest BCUT2D eigenvalue weighted by Gasteiger charge is -2.30. The van der Waals surface area contributed by atoms with Crippen molar-refractivity contribution in [3.63, 3.8) is 0 Å². The van der Waals surface area contributed by atoms with Crippen molar-refractivity contribution in [1.82, 2.24) is 4.83 Å². The maximum Gasteiger partial charge on any atom is 0.293 e. The first-order valence-electron chi connectivity index (χ1n) is 8.88. The van der Waals surface area contributed by atoms with E-state index in [-0.39, 0.29) is 28.3 Å². The van der Waals surface area contributed by atoms with Gasteiger partial charge in [0, 0.05) is 24.7 Å². The Balaban J connectivity index is 2.33. The molecule has 0 amide bonds. The molecule has 4 N–H and O–H groups in total. The minimum absolute atomic E-state index is 0.0379. The van der Waals surface area contributed by atoms with Crippen LogP contribution in [0.25, 0.3) is 0 Å². The van der Waals surface area contributed by atoms with Crippen LogP contribution in [0.2, 0.25) is 0 Å². The van der Waals surface area contributed by atoms with Gasteiger partial charge in [-0.3, -0.25) is 20.8 Å². The number of ketones is 1. The molecule has 2 aromatic rings. The van der Waals surface area contributed by atoms with Gasteiger partial charge in [-0.15, -0.1) is 0 Å². The molecule has 10 nitrogen and oxygen atoms in total. The highest BCUT2D eigenvalue weighted by Gasteiger charge is 2.34. The highest BCUT2D eigenvalue weighted by Crippen LogP contribution is 2.39. The number of carbonyl (C=O) groups is 1. The standard InChI is InChI=1S/C18H20N4O6S/c19-20-29(27,28)15-9-8-14(22(25)26)17(21-10-2-1-3-11-21)16(15)18(24)12-4-6-13(23)7-5-12/h4-9,20,23H,1-3,10-11,19H2. The van der Waals surface area contributed by atoms with E-state index < -0.39 is 25.6 Å². The number of rotatable bonds is 6. The lowest BCUT2D eigenvalue weighted by molar-refractivity contribution is -0.384. The van der Waals surface area contributed by atoms with Gasteiger partial charge in [0.2, 0.25) is 0 Å². The summed E-state index contributed by atoms with van der Waals surface area (Å²) in [6, 6.07) is 7.28. The molecule has 29 heavy (non-hydrogen) atoms. The summed E-state index contributed by atoms with van der Waals surface area (Å²) in [5, 5.41) is 21.2. The van der Waals surface area contributed by atoms with Crippen LogP contribution in [0.5, 0.6) is 5.75 Å². The van der Waals surface area contributed by atoms with Crippen LogP contribution in [0.1, 0.15) is 35.2 Å². The van der Waals surface area contributed by atoms with Crippen LogP contribution in [0.3, 0.4) is 0 Å². The molecule has 1 fully saturated rings. The monoisotopic (exact) mass is 420 g/mol. The zero-order valence-corrected chi connectivity index (χ0v) is 16.2. The Morgan fingerprint density at radius 2 is 1.72 bits per heavy atom. The van der Waals surface area contributed by atoms with Crippen LogP contribution < -0.4 is 15.6 Å². The molecule has 1 aliphatic heterocycles. The van der Waals surface area contributed by atoms with Crippen LogP contribution in [0.15, 0.2) is 41.3 Å². The number of benzene rings is 2. The maximum atomic E-state index is 13.3. The van der Waals surface area contributed by atoms with E-state index in [0.717, 1.165) is 31.4 Å². The number of nitrogens with zero attached hydrogens (tertiary/aromatic N) is 2. The number of nitro benzene ring substituents is 1. The molecule has 1 heterocycles. The molecule has 1 aliphatic rings. The SMILES string of the molecule is NNS(=O)(=O)c1ccc([N+](=O)[O-])c(N2CCCCC2)c1C(=O)c1ccc(O)cc1. The van der Waals surface area contributed by atoms with Gasteiger partial charge in [-0.05, 0) is 49.6 Å². The third-order valence-corrected chi connectivity index (χ3v) is 6.02. The predicted molar refractivity (Wildman–Crippen MR) is 105 cm³/mol. The summed E-state index contributed by atoms with van der Waals surface area (Å²) >= 11 is 0. The highest BCUT2D eigenvalue weighted by molar-refractivity contribution is 7.89. The van der Waals surface area contributed by atoms with Gasteiger partial charge in [0.15, 0.2) is 5.78 Å². The second-order valence-electron chi connectivity index (χ2n) is 6.61. The summed E-state index contributed by atoms with van der Waals surface area (Å²) in [4.78, 5) is 27.3. The number of nitrogens with two attached hydrogens (primary N) is 1. The molecule has 1 saturated heterocycles. The van der Waals surface area contributed by atoms with E-state index in [9.17, 15) is 28.4 Å². The molecule has 2 aromatic carbocycles. The fraction of sp³-hybridized carbons (Fsp3) is 0.278. The number of aromatic hydroxyl groups is 1. The van der Waals surface area contributed by atoms with Gasteiger partial charge in [0.25, 0.3) is 15.7 Å². The normalized spacial score (nSPS) is 14.6. The van der Waals surface area contributed by atoms with Crippen LogP contribution in [-0.2, 0) is 10.0 Å². The second kappa shape index (κ2) is 8.15. The number of sulfonamides is 1. The largest absolute Gasteiger partial charge is 0.508 e. The lowest BCUT2D eigenvalue weighted by Crippen LogP contribution is -2.35. The minimum Gasteiger partial charge on any atom is -0.508 e. The van der Waals surface area contributed by atoms with E-state index in [1.54, 1.807) is 9.73 Å². The van der Waals surface area contributed by atoms with Crippen LogP contribution >= 0.6 is 0 Å². The Morgan fingerprint density at radius 3 is 2.28 bits per heavy atom. The van der Waals surface area contributed by atoms with E-state index >= 15 is 0 Å². The van der Waals surface area contributed by atoms with Crippen LogP contribution in [0.4, 0.5) is 11.4 Å². The fourth-order valence-electron chi connectivity index (χ4n) is 3.41. The molecule has 11 heteroatoms. The number of piperidine rings is 1. The number of nitro groups is 1. The van der Waals surface area contributed by atoms with Crippen molar-refractivity contribution in [1.29, 1.82) is 0 Å². The topological polar surface area (TPSA) is 156 Å². The Morgan fingerprint density at radius 1 is 1.10 bits per heavy atom. The smallest absolute Gasteiger partial charge is 0.293 e. The molecular weight excluding hydrogens is 400 g/mol. The summed E-state index contributed by atoms with van der Waals surface area (Å²) in [7, 11) is -4.29. The average molecular weight is 420 g/mol. The summed E-state index contributed by atoms with van der Waals surface area (Å²) in [6.45, 7) is 0.909. The second-order valence-corrected chi connectivity index (χ2v) is 8.29. The Bertz CT molecular complexity index is 1050. The van der Waals surface area contributed by atoms with Gasteiger partial charge in [0.1, 0.15) is 11.4 Å². The molecule has 0 aliphatic carbocycles. The molecule has 0 spiro atoms. The number of phenols is 1. The summed E-state index contributed by atoms with van der Waals surface area (Å²) in [6.07, 6.45) is 2.46. The average Bonchev–Trinajstić information content (AvgIpc) is 2.73. The number of hydrogen-bond acceptors (Lipinski definition) is 8. The molecule has 154 valence electrons. The van der Waals surface area contributed by atoms with Gasteiger partial charge in [-0.2, -0.15) is 4.83 Å². The van der Waals surface area contributed by atoms with Crippen molar-refractivity contribution in [2.75, 3.05) is 18.0 Å². The fourth-order valence-corrected chi connectivity index (χ4v) is 4.24. The Hall–Kier alpha value is -3.02. The Labute approximate surface area is 167 Å². The number of hydrazine groups is 1. The van der Waals surface area contributed by atoms with Crippen molar-refractivity contribution in [3.05, 3.63) is 57.6 Å². The van der Waals surface area contributed by atoms with Gasteiger partial charge in [-0.25, -0.2) is 8.42 Å².